The summed E-state index contributed by atoms with van der Waals surface area (Å²) < 4.78 is 25.3. The highest BCUT2D eigenvalue weighted by Gasteiger charge is 2.24. The lowest BCUT2D eigenvalue weighted by Gasteiger charge is -2.26. The van der Waals surface area contributed by atoms with Gasteiger partial charge in [-0.3, -0.25) is 9.10 Å². The Kier molecular flexibility index (Phi) is 6.68. The van der Waals surface area contributed by atoms with E-state index in [0.29, 0.717) is 17.3 Å². The van der Waals surface area contributed by atoms with E-state index < -0.39 is 10.0 Å². The molecule has 0 aromatic heterocycles. The van der Waals surface area contributed by atoms with E-state index in [-0.39, 0.29) is 12.5 Å². The van der Waals surface area contributed by atoms with Gasteiger partial charge in [-0.15, -0.1) is 0 Å². The Morgan fingerprint density at radius 1 is 1.32 bits per heavy atom. The molecule has 1 amide bonds. The quantitative estimate of drug-likeness (QED) is 0.762. The van der Waals surface area contributed by atoms with E-state index in [1.54, 1.807) is 37.1 Å². The van der Waals surface area contributed by atoms with Crippen LogP contribution in [0.5, 0.6) is 0 Å². The van der Waals surface area contributed by atoms with Crippen molar-refractivity contribution in [2.75, 3.05) is 30.7 Å². The molecule has 0 fully saturated rings. The fourth-order valence-electron chi connectivity index (χ4n) is 2.00. The first-order valence-corrected chi connectivity index (χ1v) is 9.37. The number of hydrogen-bond acceptors (Lipinski definition) is 3. The van der Waals surface area contributed by atoms with E-state index >= 15 is 0 Å². The number of unbranched alkanes of at least 4 members (excludes halogenated alkanes) is 1. The lowest BCUT2D eigenvalue weighted by molar-refractivity contribution is -0.128. The largest absolute Gasteiger partial charge is 0.344 e. The van der Waals surface area contributed by atoms with Crippen molar-refractivity contribution >= 4 is 33.2 Å². The third-order valence-electron chi connectivity index (χ3n) is 3.39. The van der Waals surface area contributed by atoms with Crippen LogP contribution in [0.2, 0.25) is 5.02 Å². The maximum Gasteiger partial charge on any atom is 0.243 e. The van der Waals surface area contributed by atoms with Crippen LogP contribution in [0.25, 0.3) is 0 Å². The topological polar surface area (TPSA) is 57.7 Å². The van der Waals surface area contributed by atoms with Gasteiger partial charge in [0.2, 0.25) is 15.9 Å². The fraction of sp³-hybridized carbons (Fsp3) is 0.533. The predicted octanol–water partition coefficient (Wildman–Crippen LogP) is 2.67. The molecule has 22 heavy (non-hydrogen) atoms. The van der Waals surface area contributed by atoms with Crippen LogP contribution in [0.1, 0.15) is 25.3 Å². The molecule has 7 heteroatoms. The summed E-state index contributed by atoms with van der Waals surface area (Å²) >= 11 is 5.96. The van der Waals surface area contributed by atoms with Crippen LogP contribution < -0.4 is 4.31 Å². The number of anilines is 1. The molecule has 0 heterocycles. The summed E-state index contributed by atoms with van der Waals surface area (Å²) in [5.74, 6) is -0.238. The smallest absolute Gasteiger partial charge is 0.243 e. The third kappa shape index (κ3) is 5.18. The van der Waals surface area contributed by atoms with Crippen molar-refractivity contribution in [1.82, 2.24) is 4.90 Å². The second-order valence-electron chi connectivity index (χ2n) is 5.37. The van der Waals surface area contributed by atoms with Crippen molar-refractivity contribution in [3.05, 3.63) is 28.8 Å². The van der Waals surface area contributed by atoms with Gasteiger partial charge in [-0.1, -0.05) is 31.0 Å². The Labute approximate surface area is 137 Å². The van der Waals surface area contributed by atoms with Crippen molar-refractivity contribution in [2.24, 2.45) is 0 Å². The van der Waals surface area contributed by atoms with Gasteiger partial charge in [0.1, 0.15) is 6.54 Å². The number of amides is 1. The molecule has 0 saturated carbocycles. The summed E-state index contributed by atoms with van der Waals surface area (Å²) in [6.45, 7) is 4.22. The first kappa shape index (κ1) is 18.8. The van der Waals surface area contributed by atoms with Crippen molar-refractivity contribution in [3.8, 4) is 0 Å². The van der Waals surface area contributed by atoms with Crippen LogP contribution in [0.15, 0.2) is 18.2 Å². The highest BCUT2D eigenvalue weighted by atomic mass is 35.5. The van der Waals surface area contributed by atoms with Gasteiger partial charge >= 0.3 is 0 Å². The predicted molar refractivity (Wildman–Crippen MR) is 90.9 cm³/mol. The van der Waals surface area contributed by atoms with E-state index in [9.17, 15) is 13.2 Å². The minimum Gasteiger partial charge on any atom is -0.344 e. The molecule has 0 spiro atoms. The molecule has 1 aromatic rings. The van der Waals surface area contributed by atoms with Gasteiger partial charge < -0.3 is 4.90 Å². The molecule has 0 aliphatic carbocycles. The summed E-state index contributed by atoms with van der Waals surface area (Å²) in [5, 5.41) is 0.432. The van der Waals surface area contributed by atoms with Crippen molar-refractivity contribution < 1.29 is 13.2 Å². The molecule has 0 saturated heterocycles. The van der Waals surface area contributed by atoms with Gasteiger partial charge in [0, 0.05) is 18.6 Å². The highest BCUT2D eigenvalue weighted by Crippen LogP contribution is 2.26. The molecular formula is C15H23ClN2O3S. The zero-order valence-corrected chi connectivity index (χ0v) is 15.0. The second kappa shape index (κ2) is 7.83. The van der Waals surface area contributed by atoms with Gasteiger partial charge in [-0.25, -0.2) is 8.42 Å². The first-order valence-electron chi connectivity index (χ1n) is 7.14. The first-order chi connectivity index (χ1) is 10.2. The third-order valence-corrected chi connectivity index (χ3v) is 4.75. The molecule has 0 unspecified atom stereocenters. The monoisotopic (exact) mass is 346 g/mol. The van der Waals surface area contributed by atoms with Crippen LogP contribution in [-0.4, -0.2) is 45.6 Å². The summed E-state index contributed by atoms with van der Waals surface area (Å²) in [5.41, 5.74) is 1.19. The molecular weight excluding hydrogens is 324 g/mol. The molecule has 0 N–H and O–H groups in total. The Bertz CT molecular complexity index is 632. The Hall–Kier alpha value is -1.27. The summed E-state index contributed by atoms with van der Waals surface area (Å²) in [7, 11) is -1.90. The van der Waals surface area contributed by atoms with Gasteiger partial charge in [-0.2, -0.15) is 0 Å². The van der Waals surface area contributed by atoms with Crippen LogP contribution in [0.4, 0.5) is 5.69 Å². The Morgan fingerprint density at radius 3 is 2.50 bits per heavy atom. The second-order valence-corrected chi connectivity index (χ2v) is 7.71. The maximum absolute atomic E-state index is 12.3. The van der Waals surface area contributed by atoms with E-state index in [4.69, 9.17) is 11.6 Å². The number of carbonyl (C=O) groups is 1. The number of halogens is 1. The van der Waals surface area contributed by atoms with Gasteiger partial charge in [0.15, 0.2) is 0 Å². The van der Waals surface area contributed by atoms with Gasteiger partial charge in [0.05, 0.1) is 11.9 Å². The maximum atomic E-state index is 12.3. The zero-order valence-electron chi connectivity index (χ0n) is 13.5. The van der Waals surface area contributed by atoms with E-state index in [2.05, 4.69) is 0 Å². The number of hydrogen-bond donors (Lipinski definition) is 0. The lowest BCUT2D eigenvalue weighted by atomic mass is 10.2. The SMILES string of the molecule is CCCCN(C)C(=O)CN(c1cc(Cl)ccc1C)S(C)(=O)=O. The molecule has 5 nitrogen and oxygen atoms in total. The number of sulfonamides is 1. The minimum atomic E-state index is -3.58. The molecule has 0 bridgehead atoms. The summed E-state index contributed by atoms with van der Waals surface area (Å²) in [6, 6.07) is 4.99. The van der Waals surface area contributed by atoms with Gasteiger partial charge in [-0.05, 0) is 31.0 Å². The van der Waals surface area contributed by atoms with E-state index in [1.807, 2.05) is 6.92 Å². The molecule has 124 valence electrons. The summed E-state index contributed by atoms with van der Waals surface area (Å²) in [4.78, 5) is 13.8. The minimum absolute atomic E-state index is 0.222. The van der Waals surface area contributed by atoms with Crippen LogP contribution in [0, 0.1) is 6.92 Å². The van der Waals surface area contributed by atoms with E-state index in [0.717, 1.165) is 29.0 Å². The van der Waals surface area contributed by atoms with Crippen molar-refractivity contribution in [2.45, 2.75) is 26.7 Å². The standard InChI is InChI=1S/C15H23ClN2O3S/c1-5-6-9-17(3)15(19)11-18(22(4,20)21)14-10-13(16)8-7-12(14)2/h7-8,10H,5-6,9,11H2,1-4H3. The Balaban J connectivity index is 3.06. The highest BCUT2D eigenvalue weighted by molar-refractivity contribution is 7.92. The van der Waals surface area contributed by atoms with Crippen LogP contribution >= 0.6 is 11.6 Å². The lowest BCUT2D eigenvalue weighted by Crippen LogP contribution is -2.41. The molecule has 0 aliphatic rings. The molecule has 1 aromatic carbocycles. The number of nitrogens with zero attached hydrogens (tertiary/aromatic N) is 2. The molecule has 0 radical (unpaired) electrons. The number of rotatable bonds is 7. The fourth-order valence-corrected chi connectivity index (χ4v) is 3.06. The van der Waals surface area contributed by atoms with Crippen molar-refractivity contribution in [1.29, 1.82) is 0 Å². The molecule has 0 atom stereocenters. The molecule has 0 aliphatic heterocycles. The Morgan fingerprint density at radius 2 is 1.95 bits per heavy atom. The number of carbonyl (C=O) groups excluding carboxylic acids is 1. The van der Waals surface area contributed by atoms with Crippen molar-refractivity contribution in [3.63, 3.8) is 0 Å². The number of likely N-dealkylation sites (N-methyl/N-ethyl adjacent to an activating group) is 1. The van der Waals surface area contributed by atoms with Crippen LogP contribution in [-0.2, 0) is 14.8 Å². The van der Waals surface area contributed by atoms with E-state index in [1.165, 1.54) is 0 Å². The zero-order chi connectivity index (χ0) is 16.9. The molecule has 1 rings (SSSR count). The number of benzene rings is 1. The normalized spacial score (nSPS) is 11.3. The summed E-state index contributed by atoms with van der Waals surface area (Å²) in [6.07, 6.45) is 2.95. The average molecular weight is 347 g/mol. The average Bonchev–Trinajstić information content (AvgIpc) is 2.43. The number of aryl methyl sites for hydroxylation is 1. The van der Waals surface area contributed by atoms with Crippen LogP contribution in [0.3, 0.4) is 0 Å². The van der Waals surface area contributed by atoms with Gasteiger partial charge in [0.25, 0.3) is 0 Å².